The van der Waals surface area contributed by atoms with Crippen LogP contribution in [0.25, 0.3) is 0 Å². The molecule has 0 aromatic heterocycles. The van der Waals surface area contributed by atoms with Crippen molar-refractivity contribution in [3.05, 3.63) is 34.4 Å². The number of sulfonamides is 1. The quantitative estimate of drug-likeness (QED) is 0.657. The number of nitrogens with one attached hydrogen (secondary N) is 1. The molecule has 0 spiro atoms. The Labute approximate surface area is 130 Å². The van der Waals surface area contributed by atoms with E-state index < -0.39 is 14.9 Å². The third-order valence-corrected chi connectivity index (χ3v) is 5.99. The molecule has 1 unspecified atom stereocenters. The number of para-hydroxylation sites is 1. The Balaban J connectivity index is 2.40. The van der Waals surface area contributed by atoms with Crippen molar-refractivity contribution in [2.75, 3.05) is 19.6 Å². The number of rotatable bonds is 5. The van der Waals surface area contributed by atoms with Crippen molar-refractivity contribution in [1.29, 1.82) is 0 Å². The molecule has 0 radical (unpaired) electrons. The third kappa shape index (κ3) is 3.45. The van der Waals surface area contributed by atoms with Crippen LogP contribution in [0.1, 0.15) is 26.2 Å². The molecule has 2 rings (SSSR count). The molecule has 1 heterocycles. The molecule has 1 N–H and O–H groups in total. The van der Waals surface area contributed by atoms with Gasteiger partial charge in [0.25, 0.3) is 5.69 Å². The van der Waals surface area contributed by atoms with Gasteiger partial charge >= 0.3 is 0 Å². The minimum atomic E-state index is -3.88. The van der Waals surface area contributed by atoms with Crippen LogP contribution in [0.3, 0.4) is 0 Å². The smallest absolute Gasteiger partial charge is 0.289 e. The maximum Gasteiger partial charge on any atom is 0.289 e. The van der Waals surface area contributed by atoms with Gasteiger partial charge in [-0.05, 0) is 38.4 Å². The molecule has 0 saturated carbocycles. The van der Waals surface area contributed by atoms with Gasteiger partial charge in [0.05, 0.1) is 4.92 Å². The fourth-order valence-corrected chi connectivity index (χ4v) is 4.72. The maximum atomic E-state index is 12.9. The van der Waals surface area contributed by atoms with Crippen molar-refractivity contribution in [3.63, 3.8) is 0 Å². The number of nitro benzene ring substituents is 1. The number of hydrogen-bond donors (Lipinski definition) is 1. The van der Waals surface area contributed by atoms with E-state index >= 15 is 0 Å². The monoisotopic (exact) mass is 327 g/mol. The van der Waals surface area contributed by atoms with Crippen LogP contribution in [-0.4, -0.2) is 43.3 Å². The molecular weight excluding hydrogens is 306 g/mol. The van der Waals surface area contributed by atoms with Crippen molar-refractivity contribution in [1.82, 2.24) is 9.62 Å². The largest absolute Gasteiger partial charge is 0.317 e. The second kappa shape index (κ2) is 7.17. The first-order valence-electron chi connectivity index (χ1n) is 7.44. The van der Waals surface area contributed by atoms with Gasteiger partial charge in [-0.1, -0.05) is 19.1 Å². The predicted molar refractivity (Wildman–Crippen MR) is 83.2 cm³/mol. The molecule has 1 fully saturated rings. The van der Waals surface area contributed by atoms with Crippen LogP contribution in [0.15, 0.2) is 29.2 Å². The number of benzene rings is 1. The molecule has 7 nitrogen and oxygen atoms in total. The minimum absolute atomic E-state index is 0.121. The van der Waals surface area contributed by atoms with E-state index in [4.69, 9.17) is 0 Å². The summed E-state index contributed by atoms with van der Waals surface area (Å²) in [6, 6.07) is 5.41. The first-order valence-corrected chi connectivity index (χ1v) is 8.88. The molecule has 0 amide bonds. The standard InChI is InChI=1S/C14H21N3O4S/c1-2-16(12-6-5-10-15-11-9-12)22(20,21)14-8-4-3-7-13(14)17(18)19/h3-4,7-8,12,15H,2,5-6,9-11H2,1H3. The van der Waals surface area contributed by atoms with Gasteiger partial charge in [0.15, 0.2) is 4.90 Å². The van der Waals surface area contributed by atoms with Gasteiger partial charge in [-0.2, -0.15) is 4.31 Å². The van der Waals surface area contributed by atoms with E-state index in [0.29, 0.717) is 13.0 Å². The Morgan fingerprint density at radius 3 is 2.73 bits per heavy atom. The first kappa shape index (κ1) is 16.9. The topological polar surface area (TPSA) is 92.6 Å². The second-order valence-electron chi connectivity index (χ2n) is 5.27. The number of nitro groups is 1. The average molecular weight is 327 g/mol. The van der Waals surface area contributed by atoms with E-state index in [0.717, 1.165) is 25.9 Å². The molecule has 1 aliphatic heterocycles. The number of hydrogen-bond acceptors (Lipinski definition) is 5. The van der Waals surface area contributed by atoms with Crippen LogP contribution in [-0.2, 0) is 10.0 Å². The van der Waals surface area contributed by atoms with E-state index in [1.54, 1.807) is 6.92 Å². The first-order chi connectivity index (χ1) is 10.5. The molecule has 22 heavy (non-hydrogen) atoms. The molecule has 1 saturated heterocycles. The fraction of sp³-hybridized carbons (Fsp3) is 0.571. The zero-order valence-electron chi connectivity index (χ0n) is 12.6. The van der Waals surface area contributed by atoms with Crippen molar-refractivity contribution >= 4 is 15.7 Å². The minimum Gasteiger partial charge on any atom is -0.317 e. The number of nitrogens with zero attached hydrogens (tertiary/aromatic N) is 2. The van der Waals surface area contributed by atoms with Crippen molar-refractivity contribution in [3.8, 4) is 0 Å². The van der Waals surface area contributed by atoms with Crippen LogP contribution in [0.5, 0.6) is 0 Å². The molecule has 122 valence electrons. The van der Waals surface area contributed by atoms with E-state index in [9.17, 15) is 18.5 Å². The highest BCUT2D eigenvalue weighted by molar-refractivity contribution is 7.89. The maximum absolute atomic E-state index is 12.9. The lowest BCUT2D eigenvalue weighted by Gasteiger charge is -2.28. The molecule has 0 bridgehead atoms. The van der Waals surface area contributed by atoms with Crippen LogP contribution in [0, 0.1) is 10.1 Å². The fourth-order valence-electron chi connectivity index (χ4n) is 2.87. The highest BCUT2D eigenvalue weighted by atomic mass is 32.2. The van der Waals surface area contributed by atoms with Gasteiger partial charge in [-0.3, -0.25) is 10.1 Å². The van der Waals surface area contributed by atoms with Crippen molar-refractivity contribution in [2.24, 2.45) is 0 Å². The lowest BCUT2D eigenvalue weighted by molar-refractivity contribution is -0.387. The van der Waals surface area contributed by atoms with Crippen molar-refractivity contribution in [2.45, 2.75) is 37.1 Å². The Morgan fingerprint density at radius 2 is 2.05 bits per heavy atom. The summed E-state index contributed by atoms with van der Waals surface area (Å²) in [5, 5.41) is 14.4. The molecular formula is C14H21N3O4S. The third-order valence-electron chi connectivity index (χ3n) is 3.91. The van der Waals surface area contributed by atoms with Gasteiger partial charge in [-0.15, -0.1) is 0 Å². The van der Waals surface area contributed by atoms with E-state index in [-0.39, 0.29) is 16.6 Å². The second-order valence-corrected chi connectivity index (χ2v) is 7.13. The van der Waals surface area contributed by atoms with Crippen LogP contribution < -0.4 is 5.32 Å². The highest BCUT2D eigenvalue weighted by Gasteiger charge is 2.34. The summed E-state index contributed by atoms with van der Waals surface area (Å²) in [7, 11) is -3.88. The van der Waals surface area contributed by atoms with Crippen LogP contribution in [0.2, 0.25) is 0 Å². The average Bonchev–Trinajstić information content (AvgIpc) is 2.77. The van der Waals surface area contributed by atoms with Crippen LogP contribution >= 0.6 is 0 Å². The lowest BCUT2D eigenvalue weighted by Crippen LogP contribution is -2.40. The van der Waals surface area contributed by atoms with Gasteiger partial charge in [-0.25, -0.2) is 8.42 Å². The van der Waals surface area contributed by atoms with Crippen molar-refractivity contribution < 1.29 is 13.3 Å². The van der Waals surface area contributed by atoms with Gasteiger partial charge in [0.1, 0.15) is 0 Å². The SMILES string of the molecule is CCN(C1CCCNCC1)S(=O)(=O)c1ccccc1[N+](=O)[O-]. The Kier molecular flexibility index (Phi) is 5.49. The molecule has 1 aromatic carbocycles. The predicted octanol–water partition coefficient (Wildman–Crippen LogP) is 1.75. The van der Waals surface area contributed by atoms with Gasteiger partial charge in [0.2, 0.25) is 10.0 Å². The molecule has 1 aliphatic rings. The van der Waals surface area contributed by atoms with Gasteiger partial charge in [0, 0.05) is 18.7 Å². The van der Waals surface area contributed by atoms with E-state index in [2.05, 4.69) is 5.32 Å². The summed E-state index contributed by atoms with van der Waals surface area (Å²) in [5.41, 5.74) is -0.368. The van der Waals surface area contributed by atoms with E-state index in [1.807, 2.05) is 0 Å². The molecule has 1 aromatic rings. The van der Waals surface area contributed by atoms with E-state index in [1.165, 1.54) is 28.6 Å². The summed E-state index contributed by atoms with van der Waals surface area (Å²) in [6.07, 6.45) is 2.38. The summed E-state index contributed by atoms with van der Waals surface area (Å²) in [6.45, 7) is 3.71. The summed E-state index contributed by atoms with van der Waals surface area (Å²) in [5.74, 6) is 0. The zero-order chi connectivity index (χ0) is 16.2. The Hall–Kier alpha value is -1.51. The summed E-state index contributed by atoms with van der Waals surface area (Å²) >= 11 is 0. The summed E-state index contributed by atoms with van der Waals surface area (Å²) in [4.78, 5) is 10.3. The lowest BCUT2D eigenvalue weighted by atomic mass is 10.1. The highest BCUT2D eigenvalue weighted by Crippen LogP contribution is 2.29. The molecule has 1 atom stereocenters. The molecule has 8 heteroatoms. The van der Waals surface area contributed by atoms with Crippen LogP contribution in [0.4, 0.5) is 5.69 Å². The summed E-state index contributed by atoms with van der Waals surface area (Å²) < 4.78 is 27.2. The molecule has 0 aliphatic carbocycles. The normalized spacial score (nSPS) is 19.8. The Morgan fingerprint density at radius 1 is 1.32 bits per heavy atom. The zero-order valence-corrected chi connectivity index (χ0v) is 13.4. The Bertz CT molecular complexity index is 625. The van der Waals surface area contributed by atoms with Gasteiger partial charge < -0.3 is 5.32 Å².